The average molecular weight is 370 g/mol. The third kappa shape index (κ3) is 3.75. The first-order valence-corrected chi connectivity index (χ1v) is 9.83. The molecule has 144 valence electrons. The van der Waals surface area contributed by atoms with E-state index in [4.69, 9.17) is 0 Å². The van der Waals surface area contributed by atoms with E-state index in [-0.39, 0.29) is 24.1 Å². The molecule has 3 amide bonds. The zero-order valence-electron chi connectivity index (χ0n) is 15.4. The van der Waals surface area contributed by atoms with E-state index in [1.165, 1.54) is 19.3 Å². The molecule has 3 N–H and O–H groups in total. The summed E-state index contributed by atoms with van der Waals surface area (Å²) in [6, 6.07) is 5.73. The maximum Gasteiger partial charge on any atom is 0.255 e. The number of imide groups is 1. The van der Waals surface area contributed by atoms with Crippen LogP contribution >= 0.6 is 0 Å². The lowest BCUT2D eigenvalue weighted by molar-refractivity contribution is -0.136. The van der Waals surface area contributed by atoms with Crippen molar-refractivity contribution >= 4 is 17.7 Å². The summed E-state index contributed by atoms with van der Waals surface area (Å²) < 4.78 is 0. The molecule has 3 aliphatic rings. The van der Waals surface area contributed by atoms with Gasteiger partial charge in [-0.3, -0.25) is 19.7 Å². The van der Waals surface area contributed by atoms with Crippen LogP contribution in [0.5, 0.6) is 0 Å². The van der Waals surface area contributed by atoms with Crippen LogP contribution in [0.4, 0.5) is 0 Å². The standard InChI is InChI=1S/C20H26N4O3/c25-18-8-7-17(19(26)23-18)24-12-16-13(4-3-6-15(16)20(24)27)10-21-11-14-5-1-2-9-22-14/h3-4,6,14,17,21-22H,1-2,5,7-12H2,(H,23,25,26). The predicted octanol–water partition coefficient (Wildman–Crippen LogP) is 0.679. The minimum Gasteiger partial charge on any atom is -0.322 e. The van der Waals surface area contributed by atoms with Gasteiger partial charge in [0.1, 0.15) is 6.04 Å². The second-order valence-electron chi connectivity index (χ2n) is 7.62. The number of benzene rings is 1. The number of nitrogens with one attached hydrogen (secondary N) is 3. The molecule has 2 saturated heterocycles. The Morgan fingerprint density at radius 3 is 2.81 bits per heavy atom. The Morgan fingerprint density at radius 1 is 1.15 bits per heavy atom. The predicted molar refractivity (Wildman–Crippen MR) is 99.8 cm³/mol. The van der Waals surface area contributed by atoms with Crippen LogP contribution in [0.15, 0.2) is 18.2 Å². The smallest absolute Gasteiger partial charge is 0.255 e. The van der Waals surface area contributed by atoms with Crippen molar-refractivity contribution in [2.75, 3.05) is 13.1 Å². The first kappa shape index (κ1) is 18.1. The molecular formula is C20H26N4O3. The quantitative estimate of drug-likeness (QED) is 0.663. The van der Waals surface area contributed by atoms with E-state index in [0.717, 1.165) is 24.2 Å². The largest absolute Gasteiger partial charge is 0.322 e. The fourth-order valence-corrected chi connectivity index (χ4v) is 4.29. The van der Waals surface area contributed by atoms with Crippen molar-refractivity contribution in [3.05, 3.63) is 34.9 Å². The van der Waals surface area contributed by atoms with E-state index in [1.807, 2.05) is 18.2 Å². The van der Waals surface area contributed by atoms with Crippen molar-refractivity contribution in [2.24, 2.45) is 0 Å². The minimum atomic E-state index is -0.560. The highest BCUT2D eigenvalue weighted by Crippen LogP contribution is 2.29. The first-order chi connectivity index (χ1) is 13.1. The lowest BCUT2D eigenvalue weighted by Gasteiger charge is -2.29. The molecular weight excluding hydrogens is 344 g/mol. The topological polar surface area (TPSA) is 90.5 Å². The zero-order chi connectivity index (χ0) is 18.8. The molecule has 0 aromatic heterocycles. The molecule has 0 spiro atoms. The van der Waals surface area contributed by atoms with Gasteiger partial charge in [-0.2, -0.15) is 0 Å². The van der Waals surface area contributed by atoms with Gasteiger partial charge in [0.25, 0.3) is 5.91 Å². The van der Waals surface area contributed by atoms with Gasteiger partial charge in [0.05, 0.1) is 0 Å². The molecule has 0 bridgehead atoms. The molecule has 7 heteroatoms. The van der Waals surface area contributed by atoms with Gasteiger partial charge in [-0.25, -0.2) is 0 Å². The molecule has 3 heterocycles. The van der Waals surface area contributed by atoms with Crippen molar-refractivity contribution in [3.63, 3.8) is 0 Å². The Morgan fingerprint density at radius 2 is 2.04 bits per heavy atom. The summed E-state index contributed by atoms with van der Waals surface area (Å²) in [7, 11) is 0. The number of hydrogen-bond donors (Lipinski definition) is 3. The number of fused-ring (bicyclic) bond motifs is 1. The molecule has 0 aliphatic carbocycles. The maximum absolute atomic E-state index is 12.8. The molecule has 7 nitrogen and oxygen atoms in total. The Hall–Kier alpha value is -2.25. The summed E-state index contributed by atoms with van der Waals surface area (Å²) >= 11 is 0. The molecule has 27 heavy (non-hydrogen) atoms. The highest BCUT2D eigenvalue weighted by atomic mass is 16.2. The van der Waals surface area contributed by atoms with Gasteiger partial charge < -0.3 is 15.5 Å². The number of carbonyl (C=O) groups is 3. The number of carbonyl (C=O) groups excluding carboxylic acids is 3. The van der Waals surface area contributed by atoms with Crippen LogP contribution in [0.25, 0.3) is 0 Å². The third-order valence-corrected chi connectivity index (χ3v) is 5.80. The van der Waals surface area contributed by atoms with Crippen molar-refractivity contribution in [1.82, 2.24) is 20.9 Å². The van der Waals surface area contributed by atoms with Gasteiger partial charge in [-0.05, 0) is 43.0 Å². The number of piperidine rings is 2. The van der Waals surface area contributed by atoms with E-state index in [2.05, 4.69) is 16.0 Å². The molecule has 1 aromatic rings. The maximum atomic E-state index is 12.8. The summed E-state index contributed by atoms with van der Waals surface area (Å²) in [6.45, 7) is 3.13. The summed E-state index contributed by atoms with van der Waals surface area (Å²) in [4.78, 5) is 38.0. The highest BCUT2D eigenvalue weighted by Gasteiger charge is 2.39. The summed E-state index contributed by atoms with van der Waals surface area (Å²) in [5.41, 5.74) is 2.78. The van der Waals surface area contributed by atoms with Crippen molar-refractivity contribution in [1.29, 1.82) is 0 Å². The van der Waals surface area contributed by atoms with Crippen LogP contribution < -0.4 is 16.0 Å². The van der Waals surface area contributed by atoms with Gasteiger partial charge in [0.2, 0.25) is 11.8 Å². The molecule has 2 fully saturated rings. The Labute approximate surface area is 158 Å². The average Bonchev–Trinajstić information content (AvgIpc) is 3.00. The van der Waals surface area contributed by atoms with E-state index < -0.39 is 6.04 Å². The molecule has 3 aliphatic heterocycles. The second-order valence-corrected chi connectivity index (χ2v) is 7.62. The third-order valence-electron chi connectivity index (χ3n) is 5.80. The van der Waals surface area contributed by atoms with Gasteiger partial charge in [-0.15, -0.1) is 0 Å². The van der Waals surface area contributed by atoms with Crippen molar-refractivity contribution < 1.29 is 14.4 Å². The van der Waals surface area contributed by atoms with Crippen LogP contribution in [0.2, 0.25) is 0 Å². The molecule has 4 rings (SSSR count). The summed E-state index contributed by atoms with van der Waals surface area (Å²) in [5, 5.41) is 9.38. The summed E-state index contributed by atoms with van der Waals surface area (Å²) in [6.07, 6.45) is 4.39. The van der Waals surface area contributed by atoms with Crippen LogP contribution in [0.3, 0.4) is 0 Å². The Balaban J connectivity index is 1.42. The van der Waals surface area contributed by atoms with Crippen LogP contribution in [-0.4, -0.2) is 47.8 Å². The first-order valence-electron chi connectivity index (χ1n) is 9.83. The normalized spacial score (nSPS) is 25.5. The van der Waals surface area contributed by atoms with E-state index in [1.54, 1.807) is 4.90 Å². The van der Waals surface area contributed by atoms with Crippen LogP contribution in [0.1, 0.15) is 53.6 Å². The molecule has 1 aromatic carbocycles. The second kappa shape index (κ2) is 7.78. The molecule has 0 saturated carbocycles. The number of amides is 3. The minimum absolute atomic E-state index is 0.115. The number of nitrogens with zero attached hydrogens (tertiary/aromatic N) is 1. The van der Waals surface area contributed by atoms with Crippen molar-refractivity contribution in [3.8, 4) is 0 Å². The van der Waals surface area contributed by atoms with Crippen LogP contribution in [0, 0.1) is 0 Å². The van der Waals surface area contributed by atoms with Crippen LogP contribution in [-0.2, 0) is 22.7 Å². The number of rotatable bonds is 5. The van der Waals surface area contributed by atoms with Crippen molar-refractivity contribution in [2.45, 2.75) is 57.3 Å². The van der Waals surface area contributed by atoms with E-state index in [0.29, 0.717) is 31.1 Å². The SMILES string of the molecule is O=C1CCC(N2Cc3c(CNCC4CCCCN4)cccc3C2=O)C(=O)N1. The van der Waals surface area contributed by atoms with E-state index >= 15 is 0 Å². The summed E-state index contributed by atoms with van der Waals surface area (Å²) in [5.74, 6) is -0.743. The van der Waals surface area contributed by atoms with Gasteiger partial charge >= 0.3 is 0 Å². The fourth-order valence-electron chi connectivity index (χ4n) is 4.29. The molecule has 0 radical (unpaired) electrons. The van der Waals surface area contributed by atoms with Gasteiger partial charge in [0.15, 0.2) is 0 Å². The molecule has 2 atom stereocenters. The lowest BCUT2D eigenvalue weighted by atomic mass is 10.0. The van der Waals surface area contributed by atoms with E-state index in [9.17, 15) is 14.4 Å². The zero-order valence-corrected chi connectivity index (χ0v) is 15.4. The fraction of sp³-hybridized carbons (Fsp3) is 0.550. The number of hydrogen-bond acceptors (Lipinski definition) is 5. The van der Waals surface area contributed by atoms with Gasteiger partial charge in [0, 0.05) is 37.7 Å². The Kier molecular flexibility index (Phi) is 5.22. The lowest BCUT2D eigenvalue weighted by Crippen LogP contribution is -2.52. The van der Waals surface area contributed by atoms with Gasteiger partial charge in [-0.1, -0.05) is 18.6 Å². The highest BCUT2D eigenvalue weighted by molar-refractivity contribution is 6.05. The Bertz CT molecular complexity index is 758. The monoisotopic (exact) mass is 370 g/mol. The molecule has 2 unspecified atom stereocenters.